The first kappa shape index (κ1) is 14.4. The van der Waals surface area contributed by atoms with Gasteiger partial charge >= 0.3 is 0 Å². The minimum absolute atomic E-state index is 0.214. The van der Waals surface area contributed by atoms with Crippen LogP contribution in [0.15, 0.2) is 6.07 Å². The Balaban J connectivity index is 2.45. The molecule has 1 unspecified atom stereocenters. The Kier molecular flexibility index (Phi) is 5.31. The van der Waals surface area contributed by atoms with Gasteiger partial charge in [-0.3, -0.25) is 4.79 Å². The van der Waals surface area contributed by atoms with E-state index in [0.717, 1.165) is 0 Å². The molecule has 1 aromatic heterocycles. The standard InChI is InChI=1S/C11H16Cl2N2O2/c1-6(2)3-7(16)5-14-11(17)9-4-8(12)10(13)15-9/h4,6-7,15-16H,3,5H2,1-2H3,(H,14,17). The van der Waals surface area contributed by atoms with E-state index < -0.39 is 6.10 Å². The zero-order chi connectivity index (χ0) is 13.0. The van der Waals surface area contributed by atoms with Crippen molar-refractivity contribution in [2.45, 2.75) is 26.4 Å². The Labute approximate surface area is 110 Å². The van der Waals surface area contributed by atoms with E-state index in [4.69, 9.17) is 23.2 Å². The molecule has 0 saturated carbocycles. The first-order valence-corrected chi connectivity index (χ1v) is 6.16. The number of aromatic nitrogens is 1. The Hall–Kier alpha value is -0.710. The van der Waals surface area contributed by atoms with Crippen LogP contribution in [0.5, 0.6) is 0 Å². The maximum absolute atomic E-state index is 11.6. The van der Waals surface area contributed by atoms with Gasteiger partial charge in [0.15, 0.2) is 0 Å². The van der Waals surface area contributed by atoms with Gasteiger partial charge < -0.3 is 15.4 Å². The molecule has 0 saturated heterocycles. The van der Waals surface area contributed by atoms with Crippen LogP contribution < -0.4 is 5.32 Å². The molecule has 0 aliphatic rings. The van der Waals surface area contributed by atoms with Gasteiger partial charge in [-0.15, -0.1) is 0 Å². The molecule has 96 valence electrons. The predicted octanol–water partition coefficient (Wildman–Crippen LogP) is 2.46. The highest BCUT2D eigenvalue weighted by Crippen LogP contribution is 2.21. The number of halogens is 2. The van der Waals surface area contributed by atoms with Gasteiger partial charge in [0.1, 0.15) is 10.8 Å². The number of aliphatic hydroxyl groups is 1. The smallest absolute Gasteiger partial charge is 0.267 e. The van der Waals surface area contributed by atoms with Crippen LogP contribution in [0.1, 0.15) is 30.8 Å². The summed E-state index contributed by atoms with van der Waals surface area (Å²) in [5, 5.41) is 12.7. The molecule has 1 heterocycles. The second-order valence-corrected chi connectivity index (χ2v) is 5.12. The number of hydrogen-bond acceptors (Lipinski definition) is 2. The van der Waals surface area contributed by atoms with Crippen molar-refractivity contribution in [3.8, 4) is 0 Å². The molecule has 1 atom stereocenters. The molecule has 1 rings (SSSR count). The molecule has 0 aliphatic heterocycles. The lowest BCUT2D eigenvalue weighted by molar-refractivity contribution is 0.0896. The molecule has 4 nitrogen and oxygen atoms in total. The second kappa shape index (κ2) is 6.28. The fourth-order valence-corrected chi connectivity index (χ4v) is 1.77. The van der Waals surface area contributed by atoms with E-state index in [2.05, 4.69) is 10.3 Å². The highest BCUT2D eigenvalue weighted by atomic mass is 35.5. The molecule has 0 aliphatic carbocycles. The molecule has 1 amide bonds. The number of nitrogens with one attached hydrogen (secondary N) is 2. The first-order valence-electron chi connectivity index (χ1n) is 5.40. The summed E-state index contributed by atoms with van der Waals surface area (Å²) in [7, 11) is 0. The van der Waals surface area contributed by atoms with E-state index in [1.54, 1.807) is 0 Å². The maximum atomic E-state index is 11.6. The van der Waals surface area contributed by atoms with Gasteiger partial charge in [0, 0.05) is 6.54 Å². The highest BCUT2D eigenvalue weighted by molar-refractivity contribution is 6.41. The number of hydrogen-bond donors (Lipinski definition) is 3. The SMILES string of the molecule is CC(C)CC(O)CNC(=O)c1cc(Cl)c(Cl)[nH]1. The summed E-state index contributed by atoms with van der Waals surface area (Å²) in [5.74, 6) is 0.0536. The van der Waals surface area contributed by atoms with Gasteiger partial charge in [-0.25, -0.2) is 0 Å². The summed E-state index contributed by atoms with van der Waals surface area (Å²) >= 11 is 11.4. The summed E-state index contributed by atoms with van der Waals surface area (Å²) in [6.45, 7) is 4.23. The predicted molar refractivity (Wildman–Crippen MR) is 68.6 cm³/mol. The van der Waals surface area contributed by atoms with Gasteiger partial charge in [0.05, 0.1) is 11.1 Å². The third-order valence-electron chi connectivity index (χ3n) is 2.21. The number of carbonyl (C=O) groups excluding carboxylic acids is 1. The summed E-state index contributed by atoms with van der Waals surface area (Å²) < 4.78 is 0. The summed E-state index contributed by atoms with van der Waals surface area (Å²) in [5.41, 5.74) is 0.289. The van der Waals surface area contributed by atoms with Crippen molar-refractivity contribution in [3.63, 3.8) is 0 Å². The topological polar surface area (TPSA) is 65.1 Å². The van der Waals surface area contributed by atoms with E-state index in [-0.39, 0.29) is 23.3 Å². The lowest BCUT2D eigenvalue weighted by Gasteiger charge is -2.13. The summed E-state index contributed by atoms with van der Waals surface area (Å²) in [6.07, 6.45) is 0.104. The van der Waals surface area contributed by atoms with Crippen LogP contribution >= 0.6 is 23.2 Å². The van der Waals surface area contributed by atoms with Crippen molar-refractivity contribution in [1.82, 2.24) is 10.3 Å². The van der Waals surface area contributed by atoms with E-state index in [0.29, 0.717) is 17.4 Å². The Morgan fingerprint density at radius 3 is 2.65 bits per heavy atom. The van der Waals surface area contributed by atoms with E-state index >= 15 is 0 Å². The third kappa shape index (κ3) is 4.58. The van der Waals surface area contributed by atoms with E-state index in [1.807, 2.05) is 13.8 Å². The number of amides is 1. The lowest BCUT2D eigenvalue weighted by atomic mass is 10.1. The molecule has 0 fully saturated rings. The fourth-order valence-electron chi connectivity index (χ4n) is 1.46. The average molecular weight is 279 g/mol. The number of aliphatic hydroxyl groups excluding tert-OH is 1. The van der Waals surface area contributed by atoms with Crippen molar-refractivity contribution in [2.75, 3.05) is 6.54 Å². The minimum atomic E-state index is -0.542. The average Bonchev–Trinajstić information content (AvgIpc) is 2.55. The molecular formula is C11H16Cl2N2O2. The molecular weight excluding hydrogens is 263 g/mol. The first-order chi connectivity index (χ1) is 7.90. The van der Waals surface area contributed by atoms with Gasteiger partial charge in [0.2, 0.25) is 0 Å². The Morgan fingerprint density at radius 1 is 1.53 bits per heavy atom. The zero-order valence-electron chi connectivity index (χ0n) is 9.76. The Morgan fingerprint density at radius 2 is 2.18 bits per heavy atom. The van der Waals surface area contributed by atoms with Crippen molar-refractivity contribution in [3.05, 3.63) is 21.9 Å². The van der Waals surface area contributed by atoms with Crippen molar-refractivity contribution < 1.29 is 9.90 Å². The summed E-state index contributed by atoms with van der Waals surface area (Å²) in [4.78, 5) is 14.3. The van der Waals surface area contributed by atoms with Gasteiger partial charge in [0.25, 0.3) is 5.91 Å². The zero-order valence-corrected chi connectivity index (χ0v) is 11.3. The van der Waals surface area contributed by atoms with E-state index in [1.165, 1.54) is 6.07 Å². The minimum Gasteiger partial charge on any atom is -0.391 e. The monoisotopic (exact) mass is 278 g/mol. The van der Waals surface area contributed by atoms with E-state index in [9.17, 15) is 9.90 Å². The quantitative estimate of drug-likeness (QED) is 0.775. The molecule has 3 N–H and O–H groups in total. The van der Waals surface area contributed by atoms with Crippen LogP contribution in [-0.2, 0) is 0 Å². The molecule has 6 heteroatoms. The number of rotatable bonds is 5. The number of carbonyl (C=O) groups is 1. The molecule has 1 aromatic rings. The normalized spacial score (nSPS) is 12.8. The number of aromatic amines is 1. The van der Waals surface area contributed by atoms with Crippen molar-refractivity contribution in [1.29, 1.82) is 0 Å². The number of H-pyrrole nitrogens is 1. The van der Waals surface area contributed by atoms with Crippen molar-refractivity contribution >= 4 is 29.1 Å². The fraction of sp³-hybridized carbons (Fsp3) is 0.545. The van der Waals surface area contributed by atoms with Crippen LogP contribution in [0.2, 0.25) is 10.2 Å². The van der Waals surface area contributed by atoms with Gasteiger partial charge in [-0.1, -0.05) is 37.0 Å². The maximum Gasteiger partial charge on any atom is 0.267 e. The summed E-state index contributed by atoms with van der Waals surface area (Å²) in [6, 6.07) is 1.45. The second-order valence-electron chi connectivity index (χ2n) is 4.34. The van der Waals surface area contributed by atoms with Gasteiger partial charge in [-0.2, -0.15) is 0 Å². The molecule has 0 spiro atoms. The third-order valence-corrected chi connectivity index (χ3v) is 2.90. The van der Waals surface area contributed by atoms with Crippen LogP contribution in [0.25, 0.3) is 0 Å². The van der Waals surface area contributed by atoms with Crippen LogP contribution in [0.4, 0.5) is 0 Å². The molecule has 0 aromatic carbocycles. The Bertz CT molecular complexity index is 371. The lowest BCUT2D eigenvalue weighted by Crippen LogP contribution is -2.32. The van der Waals surface area contributed by atoms with Gasteiger partial charge in [-0.05, 0) is 18.4 Å². The molecule has 0 bridgehead atoms. The largest absolute Gasteiger partial charge is 0.391 e. The van der Waals surface area contributed by atoms with Crippen LogP contribution in [0.3, 0.4) is 0 Å². The van der Waals surface area contributed by atoms with Crippen molar-refractivity contribution in [2.24, 2.45) is 5.92 Å². The molecule has 17 heavy (non-hydrogen) atoms. The van der Waals surface area contributed by atoms with Crippen LogP contribution in [0, 0.1) is 5.92 Å². The molecule has 0 radical (unpaired) electrons. The highest BCUT2D eigenvalue weighted by Gasteiger charge is 2.13. The van der Waals surface area contributed by atoms with Crippen LogP contribution in [-0.4, -0.2) is 28.6 Å².